The van der Waals surface area contributed by atoms with Crippen molar-refractivity contribution in [3.05, 3.63) is 101 Å². The number of rotatable bonds is 8. The number of ether oxygens (including phenoxy) is 2. The van der Waals surface area contributed by atoms with Gasteiger partial charge in [0.1, 0.15) is 23.1 Å². The standard InChI is InChI=1S/C35H36F2N4O4/c1-20-12-26(42)13-21(2)41(20)25-10-9-24(38-17-25)14-23-15-30(34-28(36)6-5-7-29(34)37)39-31-19-40(35(43)33(23)31)18-22-8-11-27(44-3)16-32(22)45-4/h5-11,15-17,20-21,26,42H,12-14,18-19H2,1-4H3. The molecule has 2 unspecified atom stereocenters. The molecule has 1 amide bonds. The van der Waals surface area contributed by atoms with Gasteiger partial charge in [0.15, 0.2) is 0 Å². The number of pyridine rings is 2. The molecule has 2 aromatic heterocycles. The Hall–Kier alpha value is -4.57. The summed E-state index contributed by atoms with van der Waals surface area (Å²) < 4.78 is 40.7. The van der Waals surface area contributed by atoms with Gasteiger partial charge in [-0.1, -0.05) is 6.07 Å². The minimum Gasteiger partial charge on any atom is -0.497 e. The molecule has 1 N–H and O–H groups in total. The van der Waals surface area contributed by atoms with Gasteiger partial charge >= 0.3 is 0 Å². The Balaban J connectivity index is 1.35. The second-order valence-corrected chi connectivity index (χ2v) is 11.8. The van der Waals surface area contributed by atoms with Crippen LogP contribution in [0.15, 0.2) is 60.8 Å². The lowest BCUT2D eigenvalue weighted by molar-refractivity contribution is 0.0764. The van der Waals surface area contributed by atoms with Crippen molar-refractivity contribution in [2.45, 2.75) is 64.4 Å². The molecule has 1 saturated heterocycles. The summed E-state index contributed by atoms with van der Waals surface area (Å²) >= 11 is 0. The van der Waals surface area contributed by atoms with Gasteiger partial charge in [-0.2, -0.15) is 0 Å². The number of methoxy groups -OCH3 is 2. The van der Waals surface area contributed by atoms with Crippen molar-refractivity contribution in [1.82, 2.24) is 14.9 Å². The van der Waals surface area contributed by atoms with Crippen molar-refractivity contribution in [3.63, 3.8) is 0 Å². The van der Waals surface area contributed by atoms with Crippen LogP contribution in [0.4, 0.5) is 14.5 Å². The zero-order chi connectivity index (χ0) is 31.8. The molecule has 0 aliphatic carbocycles. The number of nitrogens with zero attached hydrogens (tertiary/aromatic N) is 4. The van der Waals surface area contributed by atoms with Crippen LogP contribution in [0.3, 0.4) is 0 Å². The number of carbonyl (C=O) groups excluding carboxylic acids is 1. The second kappa shape index (κ2) is 12.4. The summed E-state index contributed by atoms with van der Waals surface area (Å²) in [5, 5.41) is 10.2. The van der Waals surface area contributed by atoms with Gasteiger partial charge in [-0.05, 0) is 74.7 Å². The van der Waals surface area contributed by atoms with Crippen LogP contribution in [0.1, 0.15) is 59.6 Å². The van der Waals surface area contributed by atoms with E-state index in [1.165, 1.54) is 18.2 Å². The van der Waals surface area contributed by atoms with Crippen molar-refractivity contribution in [2.24, 2.45) is 0 Å². The van der Waals surface area contributed by atoms with Crippen molar-refractivity contribution < 1.29 is 28.2 Å². The summed E-state index contributed by atoms with van der Waals surface area (Å²) in [4.78, 5) is 27.2. The van der Waals surface area contributed by atoms with E-state index in [9.17, 15) is 18.7 Å². The Morgan fingerprint density at radius 1 is 0.933 bits per heavy atom. The molecule has 4 aromatic rings. The van der Waals surface area contributed by atoms with Crippen molar-refractivity contribution in [3.8, 4) is 22.8 Å². The molecular formula is C35H36F2N4O4. The molecule has 1 fully saturated rings. The van der Waals surface area contributed by atoms with Crippen molar-refractivity contribution >= 4 is 11.6 Å². The number of fused-ring (bicyclic) bond motifs is 1. The Bertz CT molecular complexity index is 1700. The molecule has 4 heterocycles. The highest BCUT2D eigenvalue weighted by atomic mass is 19.1. The number of halogens is 2. The molecule has 0 spiro atoms. The van der Waals surface area contributed by atoms with E-state index in [-0.39, 0.29) is 54.9 Å². The van der Waals surface area contributed by atoms with Gasteiger partial charge in [-0.15, -0.1) is 0 Å². The summed E-state index contributed by atoms with van der Waals surface area (Å²) in [5.41, 5.74) is 3.80. The maximum Gasteiger partial charge on any atom is 0.256 e. The molecule has 0 bridgehead atoms. The highest BCUT2D eigenvalue weighted by molar-refractivity contribution is 5.99. The summed E-state index contributed by atoms with van der Waals surface area (Å²) in [6, 6.07) is 14.9. The number of aliphatic hydroxyl groups excluding tert-OH is 1. The van der Waals surface area contributed by atoms with Crippen LogP contribution in [0.2, 0.25) is 0 Å². The SMILES string of the molecule is COc1ccc(CN2Cc3nc(-c4c(F)cccc4F)cc(Cc4ccc(N5C(C)CC(O)CC5C)cn4)c3C2=O)c(OC)c1. The van der Waals surface area contributed by atoms with Crippen molar-refractivity contribution in [2.75, 3.05) is 19.1 Å². The van der Waals surface area contributed by atoms with Crippen LogP contribution < -0.4 is 14.4 Å². The minimum atomic E-state index is -0.727. The average Bonchev–Trinajstić information content (AvgIpc) is 3.32. The molecule has 0 saturated carbocycles. The fraction of sp³-hybridized carbons (Fsp3) is 0.343. The topological polar surface area (TPSA) is 88.0 Å². The number of amides is 1. The fourth-order valence-electron chi connectivity index (χ4n) is 6.69. The highest BCUT2D eigenvalue weighted by Crippen LogP contribution is 2.35. The predicted molar refractivity (Wildman–Crippen MR) is 166 cm³/mol. The van der Waals surface area contributed by atoms with E-state index in [1.54, 1.807) is 37.3 Å². The van der Waals surface area contributed by atoms with E-state index < -0.39 is 11.6 Å². The van der Waals surface area contributed by atoms with Crippen molar-refractivity contribution in [1.29, 1.82) is 0 Å². The van der Waals surface area contributed by atoms with Gasteiger partial charge in [0.05, 0.1) is 67.8 Å². The first-order valence-electron chi connectivity index (χ1n) is 15.1. The fourth-order valence-corrected chi connectivity index (χ4v) is 6.69. The Morgan fingerprint density at radius 3 is 2.31 bits per heavy atom. The Morgan fingerprint density at radius 2 is 1.67 bits per heavy atom. The van der Waals surface area contributed by atoms with E-state index in [0.717, 1.165) is 11.3 Å². The van der Waals surface area contributed by atoms with E-state index in [1.807, 2.05) is 24.4 Å². The number of aliphatic hydroxyl groups is 1. The molecule has 2 atom stereocenters. The van der Waals surface area contributed by atoms with Gasteiger partial charge in [0.25, 0.3) is 5.91 Å². The molecular weight excluding hydrogens is 578 g/mol. The maximum atomic E-state index is 14.9. The Kier molecular flexibility index (Phi) is 8.42. The second-order valence-electron chi connectivity index (χ2n) is 11.8. The summed E-state index contributed by atoms with van der Waals surface area (Å²) in [6.45, 7) is 4.60. The maximum absolute atomic E-state index is 14.9. The highest BCUT2D eigenvalue weighted by Gasteiger charge is 2.34. The summed E-state index contributed by atoms with van der Waals surface area (Å²) in [5.74, 6) is -0.467. The first-order valence-corrected chi connectivity index (χ1v) is 15.1. The monoisotopic (exact) mass is 614 g/mol. The zero-order valence-electron chi connectivity index (χ0n) is 25.8. The van der Waals surface area contributed by atoms with E-state index in [4.69, 9.17) is 14.5 Å². The minimum absolute atomic E-state index is 0.127. The van der Waals surface area contributed by atoms with E-state index in [2.05, 4.69) is 23.7 Å². The first-order chi connectivity index (χ1) is 21.7. The van der Waals surface area contributed by atoms with Crippen LogP contribution in [0.5, 0.6) is 11.5 Å². The van der Waals surface area contributed by atoms with Crippen LogP contribution in [-0.4, -0.2) is 58.3 Å². The quantitative estimate of drug-likeness (QED) is 0.264. The smallest absolute Gasteiger partial charge is 0.256 e. The summed E-state index contributed by atoms with van der Waals surface area (Å²) in [7, 11) is 3.13. The number of benzene rings is 2. The average molecular weight is 615 g/mol. The lowest BCUT2D eigenvalue weighted by atomic mass is 9.94. The van der Waals surface area contributed by atoms with Crippen LogP contribution >= 0.6 is 0 Å². The van der Waals surface area contributed by atoms with Crippen LogP contribution in [0, 0.1) is 11.6 Å². The lowest BCUT2D eigenvalue weighted by Gasteiger charge is -2.42. The first kappa shape index (κ1) is 30.5. The molecule has 45 heavy (non-hydrogen) atoms. The number of aromatic nitrogens is 2. The molecule has 10 heteroatoms. The normalized spacial score (nSPS) is 19.5. The molecule has 234 valence electrons. The zero-order valence-corrected chi connectivity index (χ0v) is 25.8. The van der Waals surface area contributed by atoms with E-state index in [0.29, 0.717) is 46.9 Å². The number of hydrogen-bond acceptors (Lipinski definition) is 7. The molecule has 8 nitrogen and oxygen atoms in total. The third-order valence-electron chi connectivity index (χ3n) is 8.75. The molecule has 6 rings (SSSR count). The number of piperidine rings is 1. The largest absolute Gasteiger partial charge is 0.497 e. The number of anilines is 1. The number of hydrogen-bond donors (Lipinski definition) is 1. The van der Waals surface area contributed by atoms with Gasteiger partial charge in [-0.3, -0.25) is 9.78 Å². The van der Waals surface area contributed by atoms with Gasteiger partial charge in [0, 0.05) is 35.8 Å². The third-order valence-corrected chi connectivity index (χ3v) is 8.75. The Labute approximate surface area is 261 Å². The van der Waals surface area contributed by atoms with Crippen LogP contribution in [0.25, 0.3) is 11.3 Å². The number of carbonyl (C=O) groups is 1. The van der Waals surface area contributed by atoms with Gasteiger partial charge in [0.2, 0.25) is 0 Å². The summed E-state index contributed by atoms with van der Waals surface area (Å²) in [6.07, 6.45) is 3.13. The third kappa shape index (κ3) is 5.94. The van der Waals surface area contributed by atoms with E-state index >= 15 is 0 Å². The van der Waals surface area contributed by atoms with Gasteiger partial charge < -0.3 is 24.4 Å². The molecule has 0 radical (unpaired) electrons. The predicted octanol–water partition coefficient (Wildman–Crippen LogP) is 5.92. The van der Waals surface area contributed by atoms with Gasteiger partial charge in [-0.25, -0.2) is 13.8 Å². The van der Waals surface area contributed by atoms with Crippen LogP contribution in [-0.2, 0) is 19.5 Å². The molecule has 2 aromatic carbocycles. The lowest BCUT2D eigenvalue weighted by Crippen LogP contribution is -2.48. The molecule has 2 aliphatic heterocycles. The molecule has 2 aliphatic rings.